The van der Waals surface area contributed by atoms with Gasteiger partial charge in [0.2, 0.25) is 0 Å². The van der Waals surface area contributed by atoms with Crippen LogP contribution >= 0.6 is 11.6 Å². The fourth-order valence-electron chi connectivity index (χ4n) is 2.26. The Balaban J connectivity index is 2.04. The van der Waals surface area contributed by atoms with Gasteiger partial charge in [0.15, 0.2) is 0 Å². The first-order valence-corrected chi connectivity index (χ1v) is 6.37. The van der Waals surface area contributed by atoms with Crippen LogP contribution in [0.1, 0.15) is 38.2 Å². The number of aromatic nitrogens is 1. The summed E-state index contributed by atoms with van der Waals surface area (Å²) in [6, 6.07) is 5.40. The summed E-state index contributed by atoms with van der Waals surface area (Å²) < 4.78 is 0. The standard InChI is InChI=1S/C13H16ClN3/c1-2-13(4-3-5-13)9-16-12-7-10(8-15)6-11(14)17-12/h6-7H,2-5,9H2,1H3,(H,16,17). The van der Waals surface area contributed by atoms with Gasteiger partial charge in [0.25, 0.3) is 0 Å². The molecule has 1 heterocycles. The minimum absolute atomic E-state index is 0.366. The molecule has 1 aliphatic rings. The molecule has 3 nitrogen and oxygen atoms in total. The van der Waals surface area contributed by atoms with Crippen LogP contribution in [0.4, 0.5) is 5.82 Å². The average Bonchev–Trinajstić information content (AvgIpc) is 2.27. The van der Waals surface area contributed by atoms with Crippen molar-refractivity contribution in [2.75, 3.05) is 11.9 Å². The minimum atomic E-state index is 0.366. The quantitative estimate of drug-likeness (QED) is 0.830. The SMILES string of the molecule is CCC1(CNc2cc(C#N)cc(Cl)n2)CCC1. The number of hydrogen-bond acceptors (Lipinski definition) is 3. The first-order chi connectivity index (χ1) is 8.17. The summed E-state index contributed by atoms with van der Waals surface area (Å²) in [6.07, 6.45) is 5.07. The summed E-state index contributed by atoms with van der Waals surface area (Å²) in [6.45, 7) is 3.15. The number of anilines is 1. The molecular weight excluding hydrogens is 234 g/mol. The second kappa shape index (κ2) is 4.93. The number of pyridine rings is 1. The van der Waals surface area contributed by atoms with E-state index >= 15 is 0 Å². The highest BCUT2D eigenvalue weighted by Crippen LogP contribution is 2.43. The lowest BCUT2D eigenvalue weighted by Gasteiger charge is -2.41. The predicted octanol–water partition coefficient (Wildman–Crippen LogP) is 3.60. The molecule has 0 aliphatic heterocycles. The van der Waals surface area contributed by atoms with Crippen molar-refractivity contribution in [2.45, 2.75) is 32.6 Å². The van der Waals surface area contributed by atoms with Crippen LogP contribution in [0.2, 0.25) is 5.15 Å². The van der Waals surface area contributed by atoms with Crippen molar-refractivity contribution in [1.29, 1.82) is 5.26 Å². The maximum atomic E-state index is 8.85. The van der Waals surface area contributed by atoms with Crippen molar-refractivity contribution in [2.24, 2.45) is 5.41 Å². The number of nitrogens with one attached hydrogen (secondary N) is 1. The molecule has 1 saturated carbocycles. The third kappa shape index (κ3) is 2.70. The maximum absolute atomic E-state index is 8.85. The van der Waals surface area contributed by atoms with Crippen molar-refractivity contribution in [1.82, 2.24) is 4.98 Å². The lowest BCUT2D eigenvalue weighted by molar-refractivity contribution is 0.145. The van der Waals surface area contributed by atoms with Gasteiger partial charge in [-0.3, -0.25) is 0 Å². The van der Waals surface area contributed by atoms with E-state index < -0.39 is 0 Å². The Labute approximate surface area is 107 Å². The van der Waals surface area contributed by atoms with E-state index in [0.717, 1.165) is 6.54 Å². The van der Waals surface area contributed by atoms with Crippen molar-refractivity contribution >= 4 is 17.4 Å². The van der Waals surface area contributed by atoms with Gasteiger partial charge in [-0.25, -0.2) is 4.98 Å². The van der Waals surface area contributed by atoms with E-state index in [9.17, 15) is 0 Å². The molecule has 0 atom stereocenters. The summed E-state index contributed by atoms with van der Waals surface area (Å²) in [4.78, 5) is 4.18. The van der Waals surface area contributed by atoms with Gasteiger partial charge in [-0.1, -0.05) is 24.9 Å². The zero-order valence-corrected chi connectivity index (χ0v) is 10.7. The van der Waals surface area contributed by atoms with Crippen LogP contribution in [0, 0.1) is 16.7 Å². The monoisotopic (exact) mass is 249 g/mol. The highest BCUT2D eigenvalue weighted by Gasteiger charge is 2.34. The highest BCUT2D eigenvalue weighted by atomic mass is 35.5. The molecule has 90 valence electrons. The molecule has 17 heavy (non-hydrogen) atoms. The van der Waals surface area contributed by atoms with Gasteiger partial charge in [-0.2, -0.15) is 5.26 Å². The molecule has 0 spiro atoms. The third-order valence-electron chi connectivity index (χ3n) is 3.73. The van der Waals surface area contributed by atoms with Gasteiger partial charge in [0.1, 0.15) is 11.0 Å². The average molecular weight is 250 g/mol. The van der Waals surface area contributed by atoms with Crippen molar-refractivity contribution in [3.8, 4) is 6.07 Å². The van der Waals surface area contributed by atoms with Crippen LogP contribution < -0.4 is 5.32 Å². The zero-order valence-electron chi connectivity index (χ0n) is 9.96. The van der Waals surface area contributed by atoms with Crippen LogP contribution in [0.5, 0.6) is 0 Å². The van der Waals surface area contributed by atoms with Crippen molar-refractivity contribution < 1.29 is 0 Å². The third-order valence-corrected chi connectivity index (χ3v) is 3.93. The predicted molar refractivity (Wildman–Crippen MR) is 69.0 cm³/mol. The summed E-state index contributed by atoms with van der Waals surface area (Å²) in [5.74, 6) is 0.703. The van der Waals surface area contributed by atoms with Crippen LogP contribution in [0.15, 0.2) is 12.1 Å². The van der Waals surface area contributed by atoms with E-state index in [0.29, 0.717) is 21.9 Å². The largest absolute Gasteiger partial charge is 0.369 e. The smallest absolute Gasteiger partial charge is 0.132 e. The van der Waals surface area contributed by atoms with E-state index in [2.05, 4.69) is 23.3 Å². The minimum Gasteiger partial charge on any atom is -0.369 e. The molecule has 1 aromatic heterocycles. The number of halogens is 1. The van der Waals surface area contributed by atoms with Crippen LogP contribution in [0.3, 0.4) is 0 Å². The molecular formula is C13H16ClN3. The van der Waals surface area contributed by atoms with E-state index in [1.807, 2.05) is 0 Å². The van der Waals surface area contributed by atoms with E-state index in [-0.39, 0.29) is 0 Å². The molecule has 4 heteroatoms. The molecule has 2 rings (SSSR count). The highest BCUT2D eigenvalue weighted by molar-refractivity contribution is 6.29. The molecule has 1 fully saturated rings. The van der Waals surface area contributed by atoms with E-state index in [1.54, 1.807) is 12.1 Å². The van der Waals surface area contributed by atoms with Gasteiger partial charge in [0, 0.05) is 6.54 Å². The van der Waals surface area contributed by atoms with Gasteiger partial charge < -0.3 is 5.32 Å². The maximum Gasteiger partial charge on any atom is 0.132 e. The first-order valence-electron chi connectivity index (χ1n) is 5.99. The molecule has 1 N–H and O–H groups in total. The second-order valence-electron chi connectivity index (χ2n) is 4.74. The van der Waals surface area contributed by atoms with Gasteiger partial charge in [0.05, 0.1) is 11.6 Å². The molecule has 1 aromatic rings. The van der Waals surface area contributed by atoms with E-state index in [4.69, 9.17) is 16.9 Å². The molecule has 1 aliphatic carbocycles. The Morgan fingerprint density at radius 3 is 2.82 bits per heavy atom. The van der Waals surface area contributed by atoms with Crippen molar-refractivity contribution in [3.05, 3.63) is 22.8 Å². The number of nitrogens with zero attached hydrogens (tertiary/aromatic N) is 2. The molecule has 0 unspecified atom stereocenters. The number of rotatable bonds is 4. The first kappa shape index (κ1) is 12.2. The van der Waals surface area contributed by atoms with Crippen LogP contribution in [-0.2, 0) is 0 Å². The van der Waals surface area contributed by atoms with Crippen LogP contribution in [-0.4, -0.2) is 11.5 Å². The topological polar surface area (TPSA) is 48.7 Å². The van der Waals surface area contributed by atoms with Crippen LogP contribution in [0.25, 0.3) is 0 Å². The summed E-state index contributed by atoms with van der Waals surface area (Å²) >= 11 is 5.86. The van der Waals surface area contributed by atoms with Gasteiger partial charge in [-0.15, -0.1) is 0 Å². The number of nitriles is 1. The lowest BCUT2D eigenvalue weighted by Crippen LogP contribution is -2.36. The fourth-order valence-corrected chi connectivity index (χ4v) is 2.47. The summed E-state index contributed by atoms with van der Waals surface area (Å²) in [5, 5.41) is 12.5. The Hall–Kier alpha value is -1.27. The normalized spacial score (nSPS) is 17.0. The molecule has 0 aromatic carbocycles. The Morgan fingerprint density at radius 1 is 1.53 bits per heavy atom. The Morgan fingerprint density at radius 2 is 2.29 bits per heavy atom. The second-order valence-corrected chi connectivity index (χ2v) is 5.12. The Kier molecular flexibility index (Phi) is 3.54. The molecule has 0 saturated heterocycles. The zero-order chi connectivity index (χ0) is 12.3. The number of hydrogen-bond donors (Lipinski definition) is 1. The molecule has 0 amide bonds. The lowest BCUT2D eigenvalue weighted by atomic mass is 9.67. The fraction of sp³-hybridized carbons (Fsp3) is 0.538. The van der Waals surface area contributed by atoms with Crippen molar-refractivity contribution in [3.63, 3.8) is 0 Å². The molecule has 0 radical (unpaired) electrons. The van der Waals surface area contributed by atoms with Gasteiger partial charge in [-0.05, 0) is 36.8 Å². The molecule has 0 bridgehead atoms. The summed E-state index contributed by atoms with van der Waals surface area (Å²) in [5.41, 5.74) is 0.975. The van der Waals surface area contributed by atoms with E-state index in [1.165, 1.54) is 25.7 Å². The van der Waals surface area contributed by atoms with Gasteiger partial charge >= 0.3 is 0 Å². The summed E-state index contributed by atoms with van der Waals surface area (Å²) in [7, 11) is 0. The Bertz CT molecular complexity index is 441.